The molecular weight excluding hydrogens is 169 g/mol. The highest BCUT2D eigenvalue weighted by molar-refractivity contribution is 6.33. The minimum Gasteiger partial charge on any atom is -0.355 e. The molecule has 0 bridgehead atoms. The lowest BCUT2D eigenvalue weighted by Crippen LogP contribution is -1.98. The standard InChI is InChI=1S/C12H10BN/c13-8-5-6-10-9-3-1-2-4-11(9)14-12(10)7-8/h1-7,14H,13H2. The second-order valence-corrected chi connectivity index (χ2v) is 3.72. The van der Waals surface area contributed by atoms with Crippen LogP contribution in [0, 0.1) is 0 Å². The minimum absolute atomic E-state index is 1.22. The van der Waals surface area contributed by atoms with Gasteiger partial charge < -0.3 is 4.98 Å². The summed E-state index contributed by atoms with van der Waals surface area (Å²) in [4.78, 5) is 3.42. The van der Waals surface area contributed by atoms with E-state index in [1.54, 1.807) is 0 Å². The number of aromatic amines is 1. The van der Waals surface area contributed by atoms with Crippen LogP contribution in [-0.2, 0) is 0 Å². The summed E-state index contributed by atoms with van der Waals surface area (Å²) in [6, 6.07) is 14.9. The predicted octanol–water partition coefficient (Wildman–Crippen LogP) is 1.58. The van der Waals surface area contributed by atoms with E-state index in [9.17, 15) is 0 Å². The number of benzene rings is 2. The molecule has 0 saturated carbocycles. The maximum absolute atomic E-state index is 3.42. The molecule has 3 aromatic rings. The molecule has 1 N–H and O–H groups in total. The van der Waals surface area contributed by atoms with Gasteiger partial charge in [-0.15, -0.1) is 0 Å². The largest absolute Gasteiger partial charge is 0.355 e. The molecule has 1 nitrogen and oxygen atoms in total. The third-order valence-electron chi connectivity index (χ3n) is 2.66. The Morgan fingerprint density at radius 2 is 1.64 bits per heavy atom. The van der Waals surface area contributed by atoms with Crippen molar-refractivity contribution in [3.63, 3.8) is 0 Å². The molecule has 0 aliphatic carbocycles. The second-order valence-electron chi connectivity index (χ2n) is 3.72. The molecule has 1 aromatic heterocycles. The van der Waals surface area contributed by atoms with E-state index in [0.717, 1.165) is 0 Å². The Labute approximate surface area is 83.2 Å². The average Bonchev–Trinajstić information content (AvgIpc) is 2.54. The number of fused-ring (bicyclic) bond motifs is 3. The van der Waals surface area contributed by atoms with E-state index < -0.39 is 0 Å². The molecule has 0 spiro atoms. The summed E-state index contributed by atoms with van der Waals surface area (Å²) in [7, 11) is 2.12. The van der Waals surface area contributed by atoms with Crippen molar-refractivity contribution in [2.24, 2.45) is 0 Å². The summed E-state index contributed by atoms with van der Waals surface area (Å²) in [6.45, 7) is 0. The van der Waals surface area contributed by atoms with E-state index in [4.69, 9.17) is 0 Å². The number of para-hydroxylation sites is 1. The summed E-state index contributed by atoms with van der Waals surface area (Å²) in [5, 5.41) is 2.62. The highest BCUT2D eigenvalue weighted by atomic mass is 14.7. The van der Waals surface area contributed by atoms with Crippen LogP contribution in [0.15, 0.2) is 42.5 Å². The lowest BCUT2D eigenvalue weighted by molar-refractivity contribution is 1.55. The molecule has 0 atom stereocenters. The maximum Gasteiger partial charge on any atom is 0.139 e. The van der Waals surface area contributed by atoms with Crippen molar-refractivity contribution in [1.29, 1.82) is 0 Å². The van der Waals surface area contributed by atoms with E-state index in [1.807, 2.05) is 0 Å². The Kier molecular flexibility index (Phi) is 1.45. The number of nitrogens with one attached hydrogen (secondary N) is 1. The summed E-state index contributed by atoms with van der Waals surface area (Å²) in [5.74, 6) is 0. The van der Waals surface area contributed by atoms with Crippen molar-refractivity contribution in [3.05, 3.63) is 42.5 Å². The smallest absolute Gasteiger partial charge is 0.139 e. The van der Waals surface area contributed by atoms with Crippen molar-refractivity contribution < 1.29 is 0 Å². The number of rotatable bonds is 0. The molecule has 0 amide bonds. The summed E-state index contributed by atoms with van der Waals surface area (Å²) < 4.78 is 0. The molecule has 0 unspecified atom stereocenters. The van der Waals surface area contributed by atoms with Crippen LogP contribution in [-0.4, -0.2) is 12.8 Å². The van der Waals surface area contributed by atoms with Crippen LogP contribution in [0.4, 0.5) is 0 Å². The number of aromatic nitrogens is 1. The molecule has 14 heavy (non-hydrogen) atoms. The molecule has 2 heteroatoms. The first-order chi connectivity index (χ1) is 6.84. The molecule has 3 rings (SSSR count). The van der Waals surface area contributed by atoms with Crippen LogP contribution in [0.3, 0.4) is 0 Å². The first-order valence-electron chi connectivity index (χ1n) is 4.82. The normalized spacial score (nSPS) is 11.1. The molecule has 0 radical (unpaired) electrons. The fourth-order valence-corrected chi connectivity index (χ4v) is 1.97. The van der Waals surface area contributed by atoms with Gasteiger partial charge in [0.05, 0.1) is 0 Å². The number of H-pyrrole nitrogens is 1. The fourth-order valence-electron chi connectivity index (χ4n) is 1.97. The van der Waals surface area contributed by atoms with Gasteiger partial charge in [-0.2, -0.15) is 0 Å². The van der Waals surface area contributed by atoms with Gasteiger partial charge in [0.15, 0.2) is 0 Å². The Bertz CT molecular complexity index is 610. The van der Waals surface area contributed by atoms with Crippen molar-refractivity contribution in [2.75, 3.05) is 0 Å². The van der Waals surface area contributed by atoms with Crippen molar-refractivity contribution >= 4 is 35.1 Å². The quantitative estimate of drug-likeness (QED) is 0.504. The fraction of sp³-hybridized carbons (Fsp3) is 0. The zero-order valence-corrected chi connectivity index (χ0v) is 8.04. The van der Waals surface area contributed by atoms with E-state index in [-0.39, 0.29) is 0 Å². The first-order valence-corrected chi connectivity index (χ1v) is 4.82. The van der Waals surface area contributed by atoms with Gasteiger partial charge >= 0.3 is 0 Å². The summed E-state index contributed by atoms with van der Waals surface area (Å²) >= 11 is 0. The molecule has 0 aliphatic rings. The molecular formula is C12H10BN. The van der Waals surface area contributed by atoms with Gasteiger partial charge in [0, 0.05) is 21.8 Å². The monoisotopic (exact) mass is 179 g/mol. The lowest BCUT2D eigenvalue weighted by Gasteiger charge is -1.92. The van der Waals surface area contributed by atoms with Crippen LogP contribution in [0.5, 0.6) is 0 Å². The molecule has 0 fully saturated rings. The molecule has 0 saturated heterocycles. The van der Waals surface area contributed by atoms with Crippen LogP contribution < -0.4 is 5.46 Å². The SMILES string of the molecule is Bc1ccc2c(c1)[nH]c1ccccc12. The Balaban J connectivity index is 2.57. The third-order valence-corrected chi connectivity index (χ3v) is 2.66. The number of hydrogen-bond donors (Lipinski definition) is 1. The van der Waals surface area contributed by atoms with Gasteiger partial charge in [-0.25, -0.2) is 0 Å². The Morgan fingerprint density at radius 3 is 2.57 bits per heavy atom. The summed E-state index contributed by atoms with van der Waals surface area (Å²) in [6.07, 6.45) is 0. The van der Waals surface area contributed by atoms with Crippen LogP contribution in [0.1, 0.15) is 0 Å². The van der Waals surface area contributed by atoms with E-state index >= 15 is 0 Å². The molecule has 0 aliphatic heterocycles. The van der Waals surface area contributed by atoms with Crippen molar-refractivity contribution in [2.45, 2.75) is 0 Å². The lowest BCUT2D eigenvalue weighted by atomic mass is 9.95. The maximum atomic E-state index is 3.42. The Hall–Kier alpha value is -1.70. The van der Waals surface area contributed by atoms with Gasteiger partial charge in [-0.05, 0) is 12.1 Å². The third kappa shape index (κ3) is 0.972. The van der Waals surface area contributed by atoms with Crippen molar-refractivity contribution in [1.82, 2.24) is 4.98 Å². The highest BCUT2D eigenvalue weighted by Crippen LogP contribution is 2.23. The molecule has 2 aromatic carbocycles. The minimum atomic E-state index is 1.22. The zero-order valence-electron chi connectivity index (χ0n) is 8.04. The van der Waals surface area contributed by atoms with Gasteiger partial charge in [0.25, 0.3) is 0 Å². The van der Waals surface area contributed by atoms with Gasteiger partial charge in [0.2, 0.25) is 0 Å². The van der Waals surface area contributed by atoms with E-state index in [1.165, 1.54) is 27.3 Å². The van der Waals surface area contributed by atoms with E-state index in [2.05, 4.69) is 55.3 Å². The van der Waals surface area contributed by atoms with Crippen LogP contribution >= 0.6 is 0 Å². The summed E-state index contributed by atoms with van der Waals surface area (Å²) in [5.41, 5.74) is 3.74. The second kappa shape index (κ2) is 2.64. The van der Waals surface area contributed by atoms with E-state index in [0.29, 0.717) is 0 Å². The topological polar surface area (TPSA) is 15.8 Å². The Morgan fingerprint density at radius 1 is 0.857 bits per heavy atom. The predicted molar refractivity (Wildman–Crippen MR) is 64.0 cm³/mol. The van der Waals surface area contributed by atoms with Crippen LogP contribution in [0.2, 0.25) is 0 Å². The zero-order chi connectivity index (χ0) is 9.54. The molecule has 1 heterocycles. The van der Waals surface area contributed by atoms with Gasteiger partial charge in [-0.3, -0.25) is 0 Å². The van der Waals surface area contributed by atoms with Gasteiger partial charge in [-0.1, -0.05) is 35.8 Å². The van der Waals surface area contributed by atoms with Gasteiger partial charge in [0.1, 0.15) is 7.85 Å². The highest BCUT2D eigenvalue weighted by Gasteiger charge is 2.01. The first kappa shape index (κ1) is 7.68. The van der Waals surface area contributed by atoms with Crippen LogP contribution in [0.25, 0.3) is 21.8 Å². The molecule has 66 valence electrons. The van der Waals surface area contributed by atoms with Crippen molar-refractivity contribution in [3.8, 4) is 0 Å². The average molecular weight is 179 g/mol. The number of hydrogen-bond acceptors (Lipinski definition) is 0.